The third-order valence-corrected chi connectivity index (χ3v) is 5.59. The summed E-state index contributed by atoms with van der Waals surface area (Å²) in [6.45, 7) is 1.79. The molecule has 0 radical (unpaired) electrons. The molecule has 170 valence electrons. The van der Waals surface area contributed by atoms with Crippen LogP contribution in [0.15, 0.2) is 40.8 Å². The summed E-state index contributed by atoms with van der Waals surface area (Å²) in [6.07, 6.45) is -11.2. The number of aliphatic imine (C=N–C) groups is 1. The Morgan fingerprint density at radius 1 is 1.07 bits per heavy atom. The molecular formula is C16H19F6N3O4S. The highest BCUT2D eigenvalue weighted by atomic mass is 32.2. The summed E-state index contributed by atoms with van der Waals surface area (Å²) in [7, 11) is -2.73. The maximum atomic E-state index is 12.7. The van der Waals surface area contributed by atoms with Gasteiger partial charge in [0.1, 0.15) is 0 Å². The van der Waals surface area contributed by atoms with Crippen LogP contribution in [0.4, 0.5) is 31.1 Å². The van der Waals surface area contributed by atoms with Crippen LogP contribution in [0.3, 0.4) is 0 Å². The quantitative estimate of drug-likeness (QED) is 0.345. The van der Waals surface area contributed by atoms with Gasteiger partial charge in [-0.25, -0.2) is 13.2 Å². The number of alkyl halides is 6. The number of ether oxygens (including phenoxy) is 1. The van der Waals surface area contributed by atoms with Crippen LogP contribution in [-0.4, -0.2) is 81.6 Å². The van der Waals surface area contributed by atoms with Crippen molar-refractivity contribution < 1.29 is 44.3 Å². The van der Waals surface area contributed by atoms with Gasteiger partial charge in [-0.1, -0.05) is 24.8 Å². The fraction of sp³-hybridized carbons (Fsp3) is 0.500. The Hall–Kier alpha value is -2.35. The summed E-state index contributed by atoms with van der Waals surface area (Å²) in [5.41, 5.74) is 0. The van der Waals surface area contributed by atoms with E-state index < -0.39 is 47.7 Å². The van der Waals surface area contributed by atoms with Crippen molar-refractivity contribution in [3.63, 3.8) is 0 Å². The Morgan fingerprint density at radius 2 is 1.60 bits per heavy atom. The van der Waals surface area contributed by atoms with Gasteiger partial charge in [-0.2, -0.15) is 30.6 Å². The summed E-state index contributed by atoms with van der Waals surface area (Å²) < 4.78 is 105. The summed E-state index contributed by atoms with van der Waals surface area (Å²) in [5.74, 6) is 0. The molecule has 1 fully saturated rings. The van der Waals surface area contributed by atoms with Crippen molar-refractivity contribution in [1.82, 2.24) is 9.21 Å². The Kier molecular flexibility index (Phi) is 8.65. The molecule has 0 aliphatic carbocycles. The van der Waals surface area contributed by atoms with Crippen LogP contribution in [-0.2, 0) is 14.8 Å². The predicted octanol–water partition coefficient (Wildman–Crippen LogP) is 2.89. The number of allylic oxidation sites excluding steroid dienone is 5. The molecule has 0 aromatic rings. The number of carbonyl (C=O) groups is 1. The molecule has 0 unspecified atom stereocenters. The zero-order valence-electron chi connectivity index (χ0n) is 15.7. The molecular weight excluding hydrogens is 444 g/mol. The van der Waals surface area contributed by atoms with E-state index in [2.05, 4.69) is 16.3 Å². The van der Waals surface area contributed by atoms with Crippen molar-refractivity contribution in [3.05, 3.63) is 35.8 Å². The van der Waals surface area contributed by atoms with Gasteiger partial charge in [-0.15, -0.1) is 0 Å². The number of hydrogen-bond donors (Lipinski definition) is 0. The minimum atomic E-state index is -5.84. The van der Waals surface area contributed by atoms with E-state index in [9.17, 15) is 39.6 Å². The third kappa shape index (κ3) is 6.86. The lowest BCUT2D eigenvalue weighted by molar-refractivity contribution is -0.308. The molecule has 0 N–H and O–H groups in total. The molecule has 0 aromatic carbocycles. The lowest BCUT2D eigenvalue weighted by atomic mass is 10.3. The molecule has 14 heteroatoms. The van der Waals surface area contributed by atoms with Gasteiger partial charge in [-0.05, 0) is 6.08 Å². The van der Waals surface area contributed by atoms with Crippen molar-refractivity contribution in [2.75, 3.05) is 33.2 Å². The largest absolute Gasteiger partial charge is 0.434 e. The van der Waals surface area contributed by atoms with Crippen LogP contribution >= 0.6 is 0 Å². The van der Waals surface area contributed by atoms with Gasteiger partial charge in [0.25, 0.3) is 6.10 Å². The molecule has 1 saturated heterocycles. The average Bonchev–Trinajstić information content (AvgIpc) is 2.63. The molecule has 1 aliphatic rings. The Morgan fingerprint density at radius 3 is 2.03 bits per heavy atom. The first-order chi connectivity index (χ1) is 13.7. The van der Waals surface area contributed by atoms with E-state index in [-0.39, 0.29) is 18.0 Å². The second kappa shape index (κ2) is 10.1. The molecule has 1 aliphatic heterocycles. The van der Waals surface area contributed by atoms with E-state index in [1.54, 1.807) is 0 Å². The van der Waals surface area contributed by atoms with Crippen LogP contribution in [0.25, 0.3) is 0 Å². The molecule has 1 amide bonds. The third-order valence-electron chi connectivity index (χ3n) is 3.71. The fourth-order valence-corrected chi connectivity index (χ4v) is 3.74. The van der Waals surface area contributed by atoms with Crippen LogP contribution < -0.4 is 0 Å². The van der Waals surface area contributed by atoms with Crippen molar-refractivity contribution in [2.45, 2.75) is 18.5 Å². The zero-order valence-corrected chi connectivity index (χ0v) is 16.5. The van der Waals surface area contributed by atoms with Crippen molar-refractivity contribution >= 4 is 22.3 Å². The average molecular weight is 463 g/mol. The fourth-order valence-electron chi connectivity index (χ4n) is 2.31. The number of carbonyl (C=O) groups excluding carboxylic acids is 1. The number of sulfonamides is 1. The SMILES string of the molecule is C=C/C=C\C=C(/C=NC)S(=O)(=O)N1CCN(C(=O)OC(C(F)(F)F)C(F)(F)F)CC1. The summed E-state index contributed by atoms with van der Waals surface area (Å²) >= 11 is 0. The number of nitrogens with zero attached hydrogens (tertiary/aromatic N) is 3. The van der Waals surface area contributed by atoms with Gasteiger partial charge < -0.3 is 9.64 Å². The Labute approximate surface area is 169 Å². The topological polar surface area (TPSA) is 79.3 Å². The maximum absolute atomic E-state index is 12.7. The van der Waals surface area contributed by atoms with Gasteiger partial charge in [0, 0.05) is 39.4 Å². The first kappa shape index (κ1) is 25.7. The normalized spacial score (nSPS) is 17.9. The molecule has 0 saturated carbocycles. The van der Waals surface area contributed by atoms with Crippen molar-refractivity contribution in [1.29, 1.82) is 0 Å². The van der Waals surface area contributed by atoms with Crippen LogP contribution in [0, 0.1) is 0 Å². The van der Waals surface area contributed by atoms with Gasteiger partial charge in [0.15, 0.2) is 0 Å². The standard InChI is InChI=1S/C16H19F6N3O4S/c1-3-4-5-6-12(11-23-2)30(27,28)25-9-7-24(8-10-25)14(26)29-13(15(17,18)19)16(20,21)22/h3-6,11,13H,1,7-10H2,2H3/b5-4-,12-6+,23-11?. The Bertz CT molecular complexity index is 796. The van der Waals surface area contributed by atoms with E-state index in [1.165, 1.54) is 31.4 Å². The zero-order chi connectivity index (χ0) is 23.2. The molecule has 0 spiro atoms. The highest BCUT2D eigenvalue weighted by molar-refractivity contribution is 7.93. The van der Waals surface area contributed by atoms with Gasteiger partial charge >= 0.3 is 18.4 Å². The van der Waals surface area contributed by atoms with E-state index in [0.29, 0.717) is 4.90 Å². The first-order valence-electron chi connectivity index (χ1n) is 8.25. The Balaban J connectivity index is 2.89. The molecule has 7 nitrogen and oxygen atoms in total. The van der Waals surface area contributed by atoms with Crippen LogP contribution in [0.1, 0.15) is 0 Å². The summed E-state index contributed by atoms with van der Waals surface area (Å²) in [5, 5.41) is 0. The van der Waals surface area contributed by atoms with E-state index in [4.69, 9.17) is 0 Å². The number of halogens is 6. The second-order valence-electron chi connectivity index (χ2n) is 5.82. The molecule has 0 bridgehead atoms. The lowest BCUT2D eigenvalue weighted by Crippen LogP contribution is -2.53. The molecule has 0 aromatic heterocycles. The van der Waals surface area contributed by atoms with E-state index >= 15 is 0 Å². The van der Waals surface area contributed by atoms with Gasteiger partial charge in [0.2, 0.25) is 10.0 Å². The summed E-state index contributed by atoms with van der Waals surface area (Å²) in [6, 6.07) is 0. The predicted molar refractivity (Wildman–Crippen MR) is 96.3 cm³/mol. The monoisotopic (exact) mass is 463 g/mol. The van der Waals surface area contributed by atoms with E-state index in [0.717, 1.165) is 10.5 Å². The maximum Gasteiger partial charge on any atom is 0.434 e. The highest BCUT2D eigenvalue weighted by Gasteiger charge is 2.60. The number of piperazine rings is 1. The number of hydrogen-bond acceptors (Lipinski definition) is 5. The minimum Gasteiger partial charge on any atom is -0.426 e. The lowest BCUT2D eigenvalue weighted by Gasteiger charge is -2.34. The molecule has 30 heavy (non-hydrogen) atoms. The molecule has 0 atom stereocenters. The molecule has 1 heterocycles. The van der Waals surface area contributed by atoms with E-state index in [1.807, 2.05) is 0 Å². The van der Waals surface area contributed by atoms with Crippen molar-refractivity contribution in [3.8, 4) is 0 Å². The van der Waals surface area contributed by atoms with Crippen molar-refractivity contribution in [2.24, 2.45) is 4.99 Å². The first-order valence-corrected chi connectivity index (χ1v) is 9.69. The number of amides is 1. The smallest absolute Gasteiger partial charge is 0.426 e. The second-order valence-corrected chi connectivity index (χ2v) is 7.75. The van der Waals surface area contributed by atoms with Gasteiger partial charge in [0.05, 0.1) is 4.91 Å². The van der Waals surface area contributed by atoms with Gasteiger partial charge in [-0.3, -0.25) is 4.99 Å². The van der Waals surface area contributed by atoms with Crippen LogP contribution in [0.2, 0.25) is 0 Å². The summed E-state index contributed by atoms with van der Waals surface area (Å²) in [4.78, 5) is 15.8. The minimum absolute atomic E-state index is 0.201. The number of rotatable bonds is 6. The highest BCUT2D eigenvalue weighted by Crippen LogP contribution is 2.36. The molecule has 1 rings (SSSR count). The van der Waals surface area contributed by atoms with Crippen LogP contribution in [0.5, 0.6) is 0 Å².